The number of ether oxygens (including phenoxy) is 1. The van der Waals surface area contributed by atoms with Crippen molar-refractivity contribution in [2.45, 2.75) is 12.8 Å². The highest BCUT2D eigenvalue weighted by molar-refractivity contribution is 5.88. The summed E-state index contributed by atoms with van der Waals surface area (Å²) in [6, 6.07) is 2.62. The molecule has 1 heterocycles. The molecule has 0 saturated heterocycles. The van der Waals surface area contributed by atoms with Gasteiger partial charge in [0.2, 0.25) is 0 Å². The van der Waals surface area contributed by atoms with Crippen LogP contribution in [0.2, 0.25) is 0 Å². The fraction of sp³-hybridized carbons (Fsp3) is 0.231. The Bertz CT molecular complexity index is 665. The van der Waals surface area contributed by atoms with E-state index in [1.54, 1.807) is 13.2 Å². The van der Waals surface area contributed by atoms with Gasteiger partial charge in [0.25, 0.3) is 0 Å². The SMILES string of the molecule is Cn1cc(COc2ccc(C(=O)O)cc2C(F)(F)F)cn1. The summed E-state index contributed by atoms with van der Waals surface area (Å²) in [4.78, 5) is 10.8. The number of rotatable bonds is 4. The minimum Gasteiger partial charge on any atom is -0.488 e. The van der Waals surface area contributed by atoms with E-state index in [4.69, 9.17) is 9.84 Å². The molecule has 1 aromatic carbocycles. The first-order chi connectivity index (χ1) is 9.77. The summed E-state index contributed by atoms with van der Waals surface area (Å²) in [7, 11) is 1.67. The van der Waals surface area contributed by atoms with Gasteiger partial charge in [-0.25, -0.2) is 4.79 Å². The summed E-state index contributed by atoms with van der Waals surface area (Å²) >= 11 is 0. The highest BCUT2D eigenvalue weighted by Gasteiger charge is 2.35. The Balaban J connectivity index is 2.27. The zero-order chi connectivity index (χ0) is 15.6. The van der Waals surface area contributed by atoms with Gasteiger partial charge in [-0.2, -0.15) is 18.3 Å². The van der Waals surface area contributed by atoms with Crippen LogP contribution in [-0.2, 0) is 19.8 Å². The highest BCUT2D eigenvalue weighted by atomic mass is 19.4. The van der Waals surface area contributed by atoms with Gasteiger partial charge in [0, 0.05) is 18.8 Å². The first-order valence-corrected chi connectivity index (χ1v) is 5.82. The molecular weight excluding hydrogens is 289 g/mol. The molecule has 0 saturated carbocycles. The van der Waals surface area contributed by atoms with Gasteiger partial charge < -0.3 is 9.84 Å². The molecule has 0 bridgehead atoms. The van der Waals surface area contributed by atoms with E-state index in [1.807, 2.05) is 0 Å². The molecule has 1 aromatic heterocycles. The summed E-state index contributed by atoms with van der Waals surface area (Å²) < 4.78 is 45.4. The first kappa shape index (κ1) is 14.9. The lowest BCUT2D eigenvalue weighted by Gasteiger charge is -2.14. The third kappa shape index (κ3) is 3.53. The molecule has 112 valence electrons. The van der Waals surface area contributed by atoms with Crippen molar-refractivity contribution in [2.24, 2.45) is 7.05 Å². The lowest BCUT2D eigenvalue weighted by Crippen LogP contribution is -2.10. The van der Waals surface area contributed by atoms with Gasteiger partial charge in [-0.3, -0.25) is 4.68 Å². The fourth-order valence-corrected chi connectivity index (χ4v) is 1.72. The standard InChI is InChI=1S/C13H11F3N2O3/c1-18-6-8(5-17-18)7-21-11-3-2-9(12(19)20)4-10(11)13(14,15)16/h2-6H,7H2,1H3,(H,19,20). The first-order valence-electron chi connectivity index (χ1n) is 5.82. The number of aromatic nitrogens is 2. The van der Waals surface area contributed by atoms with E-state index in [2.05, 4.69) is 5.10 Å². The molecule has 0 spiro atoms. The van der Waals surface area contributed by atoms with Crippen LogP contribution in [0.25, 0.3) is 0 Å². The molecule has 0 atom stereocenters. The Labute approximate surface area is 117 Å². The number of carbonyl (C=O) groups is 1. The number of halogens is 3. The number of hydrogen-bond acceptors (Lipinski definition) is 3. The molecule has 21 heavy (non-hydrogen) atoms. The van der Waals surface area contributed by atoms with Crippen LogP contribution >= 0.6 is 0 Å². The van der Waals surface area contributed by atoms with Crippen LogP contribution in [-0.4, -0.2) is 20.9 Å². The van der Waals surface area contributed by atoms with E-state index in [-0.39, 0.29) is 6.61 Å². The van der Waals surface area contributed by atoms with Gasteiger partial charge in [0.05, 0.1) is 17.3 Å². The largest absolute Gasteiger partial charge is 0.488 e. The maximum absolute atomic E-state index is 12.9. The van der Waals surface area contributed by atoms with Crippen LogP contribution in [0.15, 0.2) is 30.6 Å². The Morgan fingerprint density at radius 3 is 2.67 bits per heavy atom. The second-order valence-electron chi connectivity index (χ2n) is 4.32. The predicted octanol–water partition coefficient (Wildman–Crippen LogP) is 2.72. The lowest BCUT2D eigenvalue weighted by atomic mass is 10.1. The fourth-order valence-electron chi connectivity index (χ4n) is 1.72. The molecular formula is C13H11F3N2O3. The number of alkyl halides is 3. The molecule has 0 unspecified atom stereocenters. The second-order valence-corrected chi connectivity index (χ2v) is 4.32. The molecule has 0 amide bonds. The van der Waals surface area contributed by atoms with Gasteiger partial charge in [0.1, 0.15) is 12.4 Å². The molecule has 0 radical (unpaired) electrons. The van der Waals surface area contributed by atoms with E-state index in [0.717, 1.165) is 12.1 Å². The van der Waals surface area contributed by atoms with E-state index in [0.29, 0.717) is 11.6 Å². The third-order valence-electron chi connectivity index (χ3n) is 2.68. The van der Waals surface area contributed by atoms with E-state index >= 15 is 0 Å². The summed E-state index contributed by atoms with van der Waals surface area (Å²) in [6.07, 6.45) is -1.62. The van der Waals surface area contributed by atoms with Crippen LogP contribution in [0.4, 0.5) is 13.2 Å². The molecule has 0 aliphatic carbocycles. The monoisotopic (exact) mass is 300 g/mol. The molecule has 8 heteroatoms. The Morgan fingerprint density at radius 1 is 1.43 bits per heavy atom. The minimum absolute atomic E-state index is 0.0939. The van der Waals surface area contributed by atoms with E-state index in [1.165, 1.54) is 10.9 Å². The van der Waals surface area contributed by atoms with Crippen LogP contribution in [0, 0.1) is 0 Å². The number of hydrogen-bond donors (Lipinski definition) is 1. The number of aryl methyl sites for hydroxylation is 1. The highest BCUT2D eigenvalue weighted by Crippen LogP contribution is 2.37. The zero-order valence-corrected chi connectivity index (χ0v) is 10.9. The summed E-state index contributed by atoms with van der Waals surface area (Å²) in [5, 5.41) is 12.6. The minimum atomic E-state index is -4.70. The number of benzene rings is 1. The molecule has 0 fully saturated rings. The summed E-state index contributed by atoms with van der Waals surface area (Å²) in [5.41, 5.74) is -0.963. The normalized spacial score (nSPS) is 11.4. The van der Waals surface area contributed by atoms with Gasteiger partial charge in [0.15, 0.2) is 0 Å². The van der Waals surface area contributed by atoms with Gasteiger partial charge in [-0.1, -0.05) is 0 Å². The maximum atomic E-state index is 12.9. The Morgan fingerprint density at radius 2 is 2.14 bits per heavy atom. The Kier molecular flexibility index (Phi) is 3.88. The Hall–Kier alpha value is -2.51. The number of carboxylic acids is 1. The summed E-state index contributed by atoms with van der Waals surface area (Å²) in [6.45, 7) is -0.0939. The molecule has 0 aliphatic heterocycles. The molecule has 2 rings (SSSR count). The van der Waals surface area contributed by atoms with Crippen molar-refractivity contribution < 1.29 is 27.8 Å². The van der Waals surface area contributed by atoms with Crippen molar-refractivity contribution in [2.75, 3.05) is 0 Å². The van der Waals surface area contributed by atoms with Gasteiger partial charge >= 0.3 is 12.1 Å². The third-order valence-corrected chi connectivity index (χ3v) is 2.68. The van der Waals surface area contributed by atoms with Crippen molar-refractivity contribution in [1.29, 1.82) is 0 Å². The average molecular weight is 300 g/mol. The molecule has 1 N–H and O–H groups in total. The van der Waals surface area contributed by atoms with Crippen molar-refractivity contribution in [1.82, 2.24) is 9.78 Å². The van der Waals surface area contributed by atoms with Crippen molar-refractivity contribution in [3.05, 3.63) is 47.3 Å². The molecule has 5 nitrogen and oxygen atoms in total. The van der Waals surface area contributed by atoms with Crippen LogP contribution in [0.5, 0.6) is 5.75 Å². The molecule has 2 aromatic rings. The number of aromatic carboxylic acids is 1. The van der Waals surface area contributed by atoms with Crippen LogP contribution in [0.3, 0.4) is 0 Å². The summed E-state index contributed by atoms with van der Waals surface area (Å²) in [5.74, 6) is -1.85. The van der Waals surface area contributed by atoms with Gasteiger partial charge in [-0.15, -0.1) is 0 Å². The van der Waals surface area contributed by atoms with E-state index < -0.39 is 29.0 Å². The van der Waals surface area contributed by atoms with Crippen molar-refractivity contribution in [3.63, 3.8) is 0 Å². The topological polar surface area (TPSA) is 64.3 Å². The predicted molar refractivity (Wildman–Crippen MR) is 65.9 cm³/mol. The average Bonchev–Trinajstić information content (AvgIpc) is 2.81. The smallest absolute Gasteiger partial charge is 0.419 e. The lowest BCUT2D eigenvalue weighted by molar-refractivity contribution is -0.139. The van der Waals surface area contributed by atoms with Gasteiger partial charge in [-0.05, 0) is 18.2 Å². The second kappa shape index (κ2) is 5.47. The number of nitrogens with zero attached hydrogens (tertiary/aromatic N) is 2. The number of carboxylic acid groups (broad SMARTS) is 1. The van der Waals surface area contributed by atoms with Crippen LogP contribution < -0.4 is 4.74 Å². The molecule has 0 aliphatic rings. The van der Waals surface area contributed by atoms with Crippen LogP contribution in [0.1, 0.15) is 21.5 Å². The van der Waals surface area contributed by atoms with E-state index in [9.17, 15) is 18.0 Å². The quantitative estimate of drug-likeness (QED) is 0.943. The van der Waals surface area contributed by atoms with Crippen molar-refractivity contribution in [3.8, 4) is 5.75 Å². The maximum Gasteiger partial charge on any atom is 0.419 e. The van der Waals surface area contributed by atoms with Crippen molar-refractivity contribution >= 4 is 5.97 Å². The zero-order valence-electron chi connectivity index (χ0n) is 10.9.